The molecular weight excluding hydrogens is 266 g/mol. The molecule has 2 heterocycles. The molecule has 110 valence electrons. The highest BCUT2D eigenvalue weighted by molar-refractivity contribution is 5.95. The van der Waals surface area contributed by atoms with E-state index in [0.717, 1.165) is 35.7 Å². The van der Waals surface area contributed by atoms with E-state index < -0.39 is 0 Å². The summed E-state index contributed by atoms with van der Waals surface area (Å²) in [6, 6.07) is 7.74. The number of amides is 1. The number of ether oxygens (including phenoxy) is 1. The van der Waals surface area contributed by atoms with Crippen LogP contribution >= 0.6 is 0 Å². The van der Waals surface area contributed by atoms with Crippen molar-refractivity contribution in [2.75, 3.05) is 19.0 Å². The molecule has 0 fully saturated rings. The monoisotopic (exact) mass is 285 g/mol. The maximum absolute atomic E-state index is 11.7. The van der Waals surface area contributed by atoms with Crippen molar-refractivity contribution >= 4 is 11.6 Å². The van der Waals surface area contributed by atoms with Crippen LogP contribution in [0.15, 0.2) is 30.5 Å². The fourth-order valence-electron chi connectivity index (χ4n) is 2.68. The van der Waals surface area contributed by atoms with Gasteiger partial charge in [0.1, 0.15) is 12.4 Å². The number of benzene rings is 1. The lowest BCUT2D eigenvalue weighted by molar-refractivity contribution is -0.119. The minimum Gasteiger partial charge on any atom is -0.375 e. The quantitative estimate of drug-likeness (QED) is 0.939. The van der Waals surface area contributed by atoms with Gasteiger partial charge in [-0.1, -0.05) is 18.2 Å². The largest absolute Gasteiger partial charge is 0.375 e. The second-order valence-corrected chi connectivity index (χ2v) is 5.22. The highest BCUT2D eigenvalue weighted by atomic mass is 16.5. The van der Waals surface area contributed by atoms with E-state index in [4.69, 9.17) is 9.72 Å². The summed E-state index contributed by atoms with van der Waals surface area (Å²) in [5.41, 5.74) is 2.64. The molecule has 1 aliphatic rings. The molecule has 0 radical (unpaired) electrons. The van der Waals surface area contributed by atoms with Gasteiger partial charge >= 0.3 is 0 Å². The number of methoxy groups -OCH3 is 1. The van der Waals surface area contributed by atoms with Gasteiger partial charge in [-0.05, 0) is 18.9 Å². The molecule has 1 aromatic heterocycles. The zero-order valence-electron chi connectivity index (χ0n) is 12.1. The third-order valence-corrected chi connectivity index (χ3v) is 3.66. The minimum absolute atomic E-state index is 0.0496. The number of fused-ring (bicyclic) bond motifs is 1. The predicted molar refractivity (Wildman–Crippen MR) is 81.1 cm³/mol. The summed E-state index contributed by atoms with van der Waals surface area (Å²) in [6.07, 6.45) is 5.51. The van der Waals surface area contributed by atoms with Crippen LogP contribution in [-0.2, 0) is 22.5 Å². The zero-order chi connectivity index (χ0) is 14.7. The van der Waals surface area contributed by atoms with Crippen molar-refractivity contribution in [3.8, 4) is 11.3 Å². The molecule has 0 aliphatic carbocycles. The average Bonchev–Trinajstić information content (AvgIpc) is 2.91. The van der Waals surface area contributed by atoms with Gasteiger partial charge in [-0.15, -0.1) is 0 Å². The number of imidazole rings is 1. The van der Waals surface area contributed by atoms with Crippen molar-refractivity contribution < 1.29 is 9.53 Å². The lowest BCUT2D eigenvalue weighted by atomic mass is 10.1. The van der Waals surface area contributed by atoms with Crippen molar-refractivity contribution in [1.29, 1.82) is 0 Å². The van der Waals surface area contributed by atoms with Crippen molar-refractivity contribution in [1.82, 2.24) is 9.55 Å². The number of carbonyl (C=O) groups excluding carboxylic acids is 1. The van der Waals surface area contributed by atoms with Gasteiger partial charge in [-0.25, -0.2) is 4.98 Å². The molecule has 1 N–H and O–H groups in total. The van der Waals surface area contributed by atoms with E-state index in [2.05, 4.69) is 16.1 Å². The molecule has 2 aromatic rings. The van der Waals surface area contributed by atoms with Crippen molar-refractivity contribution in [2.24, 2.45) is 0 Å². The van der Waals surface area contributed by atoms with Gasteiger partial charge in [0.25, 0.3) is 0 Å². The summed E-state index contributed by atoms with van der Waals surface area (Å²) in [5.74, 6) is 0.975. The Kier molecular flexibility index (Phi) is 4.01. The molecule has 1 amide bonds. The minimum atomic E-state index is -0.158. The smallest absolute Gasteiger partial charge is 0.250 e. The summed E-state index contributed by atoms with van der Waals surface area (Å²) >= 11 is 0. The van der Waals surface area contributed by atoms with Crippen LogP contribution in [0.3, 0.4) is 0 Å². The zero-order valence-corrected chi connectivity index (χ0v) is 12.1. The molecule has 0 saturated carbocycles. The van der Waals surface area contributed by atoms with Gasteiger partial charge in [0.2, 0.25) is 5.91 Å². The van der Waals surface area contributed by atoms with E-state index in [1.165, 1.54) is 20.0 Å². The number of anilines is 1. The van der Waals surface area contributed by atoms with Crippen LogP contribution in [0.4, 0.5) is 5.69 Å². The Morgan fingerprint density at radius 2 is 2.24 bits per heavy atom. The van der Waals surface area contributed by atoms with Crippen LogP contribution in [0.5, 0.6) is 0 Å². The number of hydrogen-bond acceptors (Lipinski definition) is 3. The fraction of sp³-hybridized carbons (Fsp3) is 0.375. The third-order valence-electron chi connectivity index (χ3n) is 3.66. The number of aryl methyl sites for hydroxylation is 2. The van der Waals surface area contributed by atoms with Gasteiger partial charge in [0.05, 0.1) is 11.4 Å². The summed E-state index contributed by atoms with van der Waals surface area (Å²) in [4.78, 5) is 16.4. The summed E-state index contributed by atoms with van der Waals surface area (Å²) in [6.45, 7) is 1.08. The molecule has 1 aromatic carbocycles. The van der Waals surface area contributed by atoms with Crippen LogP contribution in [0.1, 0.15) is 18.7 Å². The third kappa shape index (κ3) is 2.97. The first kappa shape index (κ1) is 13.8. The lowest BCUT2D eigenvalue weighted by Gasteiger charge is -2.11. The summed E-state index contributed by atoms with van der Waals surface area (Å²) < 4.78 is 7.07. The van der Waals surface area contributed by atoms with E-state index in [-0.39, 0.29) is 12.5 Å². The number of nitrogens with zero attached hydrogens (tertiary/aromatic N) is 2. The van der Waals surface area contributed by atoms with Gasteiger partial charge in [0, 0.05) is 31.8 Å². The number of carbonyl (C=O) groups is 1. The topological polar surface area (TPSA) is 56.1 Å². The van der Waals surface area contributed by atoms with Crippen LogP contribution in [0.25, 0.3) is 11.3 Å². The standard InChI is InChI=1S/C16H19N3O2/c1-21-11-16(20)18-13-7-3-2-6-12(13)14-10-19-9-5-4-8-15(19)17-14/h2-3,6-7,10H,4-5,8-9,11H2,1H3,(H,18,20). The van der Waals surface area contributed by atoms with E-state index >= 15 is 0 Å². The molecule has 1 aliphatic heterocycles. The van der Waals surface area contributed by atoms with Crippen LogP contribution in [0, 0.1) is 0 Å². The number of rotatable bonds is 4. The highest BCUT2D eigenvalue weighted by Crippen LogP contribution is 2.28. The van der Waals surface area contributed by atoms with Crippen LogP contribution < -0.4 is 5.32 Å². The van der Waals surface area contributed by atoms with E-state index in [9.17, 15) is 4.79 Å². The molecule has 5 nitrogen and oxygen atoms in total. The summed E-state index contributed by atoms with van der Waals surface area (Å²) in [7, 11) is 1.51. The molecule has 0 bridgehead atoms. The Balaban J connectivity index is 1.91. The fourth-order valence-corrected chi connectivity index (χ4v) is 2.68. The van der Waals surface area contributed by atoms with Gasteiger partial charge < -0.3 is 14.6 Å². The van der Waals surface area contributed by atoms with Crippen molar-refractivity contribution in [3.05, 3.63) is 36.3 Å². The van der Waals surface area contributed by atoms with Gasteiger partial charge in [0.15, 0.2) is 0 Å². The van der Waals surface area contributed by atoms with E-state index in [1.54, 1.807) is 0 Å². The molecule has 0 spiro atoms. The molecular formula is C16H19N3O2. The first-order valence-corrected chi connectivity index (χ1v) is 7.22. The normalized spacial score (nSPS) is 13.8. The SMILES string of the molecule is COCC(=O)Nc1ccccc1-c1cn2c(n1)CCCC2. The van der Waals surface area contributed by atoms with Crippen LogP contribution in [-0.4, -0.2) is 29.2 Å². The second-order valence-electron chi connectivity index (χ2n) is 5.22. The predicted octanol–water partition coefficient (Wildman–Crippen LogP) is 2.47. The molecule has 3 rings (SSSR count). The maximum atomic E-state index is 11.7. The van der Waals surface area contributed by atoms with Gasteiger partial charge in [-0.3, -0.25) is 4.79 Å². The Bertz CT molecular complexity index is 625. The molecule has 21 heavy (non-hydrogen) atoms. The first-order chi connectivity index (χ1) is 10.3. The molecule has 0 saturated heterocycles. The van der Waals surface area contributed by atoms with E-state index in [0.29, 0.717) is 0 Å². The van der Waals surface area contributed by atoms with Crippen molar-refractivity contribution in [2.45, 2.75) is 25.8 Å². The maximum Gasteiger partial charge on any atom is 0.250 e. The Morgan fingerprint density at radius 1 is 1.38 bits per heavy atom. The lowest BCUT2D eigenvalue weighted by Crippen LogP contribution is -2.17. The first-order valence-electron chi connectivity index (χ1n) is 7.22. The second kappa shape index (κ2) is 6.10. The number of para-hydroxylation sites is 1. The Labute approximate surface area is 124 Å². The highest BCUT2D eigenvalue weighted by Gasteiger charge is 2.15. The number of aromatic nitrogens is 2. The summed E-state index contributed by atoms with van der Waals surface area (Å²) in [5, 5.41) is 2.88. The Morgan fingerprint density at radius 3 is 3.05 bits per heavy atom. The Hall–Kier alpha value is -2.14. The van der Waals surface area contributed by atoms with Crippen LogP contribution in [0.2, 0.25) is 0 Å². The molecule has 5 heteroatoms. The molecule has 0 unspecified atom stereocenters. The van der Waals surface area contributed by atoms with Gasteiger partial charge in [-0.2, -0.15) is 0 Å². The number of hydrogen-bond donors (Lipinski definition) is 1. The number of nitrogens with one attached hydrogen (secondary N) is 1. The average molecular weight is 285 g/mol. The van der Waals surface area contributed by atoms with Crippen molar-refractivity contribution in [3.63, 3.8) is 0 Å². The molecule has 0 atom stereocenters. The van der Waals surface area contributed by atoms with E-state index in [1.807, 2.05) is 24.3 Å².